The van der Waals surface area contributed by atoms with Gasteiger partial charge in [-0.2, -0.15) is 20.8 Å². The number of hydrogen-bond acceptors (Lipinski definition) is 6. The summed E-state index contributed by atoms with van der Waals surface area (Å²) in [6, 6.07) is 3.45. The van der Waals surface area contributed by atoms with Crippen LogP contribution in [0.15, 0.2) is 16.9 Å². The molecule has 0 saturated carbocycles. The molecule has 0 aromatic carbocycles. The zero-order valence-electron chi connectivity index (χ0n) is 5.81. The summed E-state index contributed by atoms with van der Waals surface area (Å²) >= 11 is 0. The van der Waals surface area contributed by atoms with Crippen LogP contribution in [0, 0.1) is 34.1 Å². The number of hydrazone groups is 1. The Morgan fingerprint density at radius 2 is 2.08 bits per heavy atom. The molecular weight excluding hydrogens is 156 g/mol. The quantitative estimate of drug-likeness (QED) is 0.482. The van der Waals surface area contributed by atoms with Crippen LogP contribution in [-0.4, -0.2) is 10.7 Å². The van der Waals surface area contributed by atoms with Crippen molar-refractivity contribution in [3.63, 3.8) is 0 Å². The van der Waals surface area contributed by atoms with Crippen molar-refractivity contribution in [3.05, 3.63) is 11.8 Å². The lowest BCUT2D eigenvalue weighted by Gasteiger charge is -2.13. The van der Waals surface area contributed by atoms with E-state index in [0.717, 1.165) is 5.01 Å². The molecule has 0 bridgehead atoms. The van der Waals surface area contributed by atoms with Crippen molar-refractivity contribution in [3.8, 4) is 18.3 Å². The maximum absolute atomic E-state index is 8.49. The molecule has 0 unspecified atom stereocenters. The number of nitrogens with zero attached hydrogens (tertiary/aromatic N) is 5. The molecule has 0 atom stereocenters. The van der Waals surface area contributed by atoms with Gasteiger partial charge in [-0.1, -0.05) is 0 Å². The van der Waals surface area contributed by atoms with Crippen LogP contribution in [0.2, 0.25) is 0 Å². The van der Waals surface area contributed by atoms with Crippen LogP contribution in [-0.2, 0) is 0 Å². The van der Waals surface area contributed by atoms with Crippen LogP contribution in [0.1, 0.15) is 0 Å². The fraction of sp³-hybridized carbons (Fsp3) is 0. The van der Waals surface area contributed by atoms with Gasteiger partial charge in [0.1, 0.15) is 17.7 Å². The minimum atomic E-state index is -0.0241. The lowest BCUT2D eigenvalue weighted by Crippen LogP contribution is -2.30. The number of nitriles is 3. The first kappa shape index (κ1) is 7.59. The molecule has 0 radical (unpaired) electrons. The van der Waals surface area contributed by atoms with E-state index in [4.69, 9.17) is 15.8 Å². The molecule has 0 saturated heterocycles. The predicted octanol–water partition coefficient (Wildman–Crippen LogP) is -0.425. The van der Waals surface area contributed by atoms with E-state index in [-0.39, 0.29) is 11.3 Å². The second-order valence-electron chi connectivity index (χ2n) is 1.80. The number of rotatable bonds is 0. The van der Waals surface area contributed by atoms with E-state index in [0.29, 0.717) is 0 Å². The maximum atomic E-state index is 8.49. The Hall–Kier alpha value is -2.52. The highest BCUT2D eigenvalue weighted by molar-refractivity contribution is 6.13. The average molecular weight is 158 g/mol. The van der Waals surface area contributed by atoms with Gasteiger partial charge in [0.2, 0.25) is 6.19 Å². The molecule has 56 valence electrons. The topological polar surface area (TPSA) is 99.0 Å². The van der Waals surface area contributed by atoms with E-state index in [9.17, 15) is 0 Å². The maximum Gasteiger partial charge on any atom is 0.205 e. The molecular formula is C6H2N6. The van der Waals surface area contributed by atoms with Crippen LogP contribution in [0.25, 0.3) is 0 Å². The number of allylic oxidation sites excluding steroid dienone is 1. The van der Waals surface area contributed by atoms with E-state index < -0.39 is 0 Å². The minimum Gasteiger partial charge on any atom is -0.204 e. The van der Waals surface area contributed by atoms with E-state index in [2.05, 4.69) is 10.6 Å². The summed E-state index contributed by atoms with van der Waals surface area (Å²) in [6.45, 7) is 0. The molecule has 12 heavy (non-hydrogen) atoms. The molecule has 6 nitrogen and oxygen atoms in total. The van der Waals surface area contributed by atoms with Crippen LogP contribution < -0.4 is 5.53 Å². The highest BCUT2D eigenvalue weighted by atomic mass is 15.6. The SMILES string of the molecule is N#CC1=CN(C#N)NN=C1C#N. The van der Waals surface area contributed by atoms with Crippen molar-refractivity contribution in [1.29, 1.82) is 15.8 Å². The third kappa shape index (κ3) is 1.16. The second kappa shape index (κ2) is 3.05. The van der Waals surface area contributed by atoms with Gasteiger partial charge >= 0.3 is 0 Å². The molecule has 0 spiro atoms. The number of hydrazine groups is 1. The molecule has 0 aromatic rings. The van der Waals surface area contributed by atoms with Gasteiger partial charge in [-0.05, 0) is 0 Å². The summed E-state index contributed by atoms with van der Waals surface area (Å²) < 4.78 is 0. The monoisotopic (exact) mass is 158 g/mol. The lowest BCUT2D eigenvalue weighted by atomic mass is 10.2. The molecule has 1 aliphatic rings. The van der Waals surface area contributed by atoms with Crippen molar-refractivity contribution in [2.45, 2.75) is 0 Å². The first-order valence-electron chi connectivity index (χ1n) is 2.86. The first-order chi connectivity index (χ1) is 5.81. The van der Waals surface area contributed by atoms with Gasteiger partial charge < -0.3 is 0 Å². The van der Waals surface area contributed by atoms with E-state index in [1.54, 1.807) is 18.3 Å². The number of hydrogen-bond donors (Lipinski definition) is 1. The van der Waals surface area contributed by atoms with Gasteiger partial charge in [0.05, 0.1) is 6.20 Å². The largest absolute Gasteiger partial charge is 0.205 e. The van der Waals surface area contributed by atoms with E-state index in [1.165, 1.54) is 6.20 Å². The van der Waals surface area contributed by atoms with E-state index >= 15 is 0 Å². The van der Waals surface area contributed by atoms with Crippen LogP contribution in [0.3, 0.4) is 0 Å². The van der Waals surface area contributed by atoms with Crippen molar-refractivity contribution >= 4 is 5.71 Å². The van der Waals surface area contributed by atoms with Gasteiger partial charge in [-0.3, -0.25) is 0 Å². The summed E-state index contributed by atoms with van der Waals surface area (Å²) in [7, 11) is 0. The molecule has 1 aliphatic heterocycles. The lowest BCUT2D eigenvalue weighted by molar-refractivity contribution is 0.388. The summed E-state index contributed by atoms with van der Waals surface area (Å²) in [5.41, 5.74) is 2.29. The second-order valence-corrected chi connectivity index (χ2v) is 1.80. The zero-order chi connectivity index (χ0) is 8.97. The molecule has 1 N–H and O–H groups in total. The minimum absolute atomic E-state index is 0.0241. The van der Waals surface area contributed by atoms with Crippen LogP contribution in [0.4, 0.5) is 0 Å². The van der Waals surface area contributed by atoms with Gasteiger partial charge in [-0.25, -0.2) is 5.53 Å². The van der Waals surface area contributed by atoms with Gasteiger partial charge in [0.25, 0.3) is 0 Å². The van der Waals surface area contributed by atoms with Gasteiger partial charge in [0.15, 0.2) is 5.71 Å². The highest BCUT2D eigenvalue weighted by Crippen LogP contribution is 2.02. The summed E-state index contributed by atoms with van der Waals surface area (Å²) in [5.74, 6) is 0. The summed E-state index contributed by atoms with van der Waals surface area (Å²) in [6.07, 6.45) is 2.89. The van der Waals surface area contributed by atoms with Crippen molar-refractivity contribution in [2.24, 2.45) is 5.10 Å². The Labute approximate surface area is 68.2 Å². The van der Waals surface area contributed by atoms with E-state index in [1.807, 2.05) is 0 Å². The average Bonchev–Trinajstić information content (AvgIpc) is 2.16. The molecule has 0 aromatic heterocycles. The standard InChI is InChI=1S/C6H2N6/c7-1-5-3-12(4-9)11-10-6(5)2-8/h3,11H. The Bertz CT molecular complexity index is 370. The Balaban J connectivity index is 3.00. The summed E-state index contributed by atoms with van der Waals surface area (Å²) in [4.78, 5) is 0. The van der Waals surface area contributed by atoms with Crippen LogP contribution >= 0.6 is 0 Å². The van der Waals surface area contributed by atoms with Gasteiger partial charge in [0, 0.05) is 0 Å². The molecule has 0 aliphatic carbocycles. The smallest absolute Gasteiger partial charge is 0.204 e. The molecule has 6 heteroatoms. The molecule has 0 fully saturated rings. The van der Waals surface area contributed by atoms with Crippen molar-refractivity contribution in [1.82, 2.24) is 10.5 Å². The van der Waals surface area contributed by atoms with Crippen molar-refractivity contribution < 1.29 is 0 Å². The highest BCUT2D eigenvalue weighted by Gasteiger charge is 2.13. The molecule has 0 amide bonds. The van der Waals surface area contributed by atoms with Crippen molar-refractivity contribution in [2.75, 3.05) is 0 Å². The fourth-order valence-corrected chi connectivity index (χ4v) is 0.601. The fourth-order valence-electron chi connectivity index (χ4n) is 0.601. The molecule has 1 rings (SSSR count). The Morgan fingerprint density at radius 3 is 2.58 bits per heavy atom. The summed E-state index contributed by atoms with van der Waals surface area (Å²) in [5, 5.41) is 29.7. The Kier molecular flexibility index (Phi) is 1.93. The van der Waals surface area contributed by atoms with Crippen LogP contribution in [0.5, 0.6) is 0 Å². The number of nitrogens with one attached hydrogen (secondary N) is 1. The Morgan fingerprint density at radius 1 is 1.33 bits per heavy atom. The molecule has 1 heterocycles. The zero-order valence-corrected chi connectivity index (χ0v) is 5.81. The normalized spacial score (nSPS) is 14.2. The third-order valence-electron chi connectivity index (χ3n) is 1.12. The third-order valence-corrected chi connectivity index (χ3v) is 1.12. The predicted molar refractivity (Wildman–Crippen MR) is 37.3 cm³/mol. The first-order valence-corrected chi connectivity index (χ1v) is 2.86. The van der Waals surface area contributed by atoms with Gasteiger partial charge in [-0.15, -0.1) is 5.10 Å².